The van der Waals surface area contributed by atoms with Gasteiger partial charge in [0.25, 0.3) is 0 Å². The van der Waals surface area contributed by atoms with Crippen molar-refractivity contribution in [2.45, 2.75) is 38.0 Å². The first-order valence-corrected chi connectivity index (χ1v) is 6.60. The minimum atomic E-state index is 0.746. The van der Waals surface area contributed by atoms with Gasteiger partial charge in [-0.3, -0.25) is 0 Å². The second-order valence-corrected chi connectivity index (χ2v) is 5.42. The molecule has 78 valence electrons. The number of rotatable bonds is 1. The average molecular weight is 217 g/mol. The molecule has 1 aliphatic carbocycles. The highest BCUT2D eigenvalue weighted by atomic mass is 32.1. The van der Waals surface area contributed by atoms with Gasteiger partial charge >= 0.3 is 0 Å². The molecule has 3 rings (SSSR count). The predicted molar refractivity (Wildman–Crippen MR) is 65.4 cm³/mol. The zero-order chi connectivity index (χ0) is 10.1. The lowest BCUT2D eigenvalue weighted by molar-refractivity contribution is 0.443. The Kier molecular flexibility index (Phi) is 2.45. The molecule has 0 N–H and O–H groups in total. The second-order valence-electron chi connectivity index (χ2n) is 4.35. The molecule has 0 saturated heterocycles. The zero-order valence-electron chi connectivity index (χ0n) is 8.78. The summed E-state index contributed by atoms with van der Waals surface area (Å²) in [4.78, 5) is 4.75. The monoisotopic (exact) mass is 217 g/mol. The van der Waals surface area contributed by atoms with E-state index in [1.54, 1.807) is 0 Å². The van der Waals surface area contributed by atoms with Crippen LogP contribution in [-0.4, -0.2) is 4.98 Å². The highest BCUT2D eigenvalue weighted by Crippen LogP contribution is 2.36. The largest absolute Gasteiger partial charge is 0.241 e. The highest BCUT2D eigenvalue weighted by molar-refractivity contribution is 7.18. The molecule has 0 radical (unpaired) electrons. The summed E-state index contributed by atoms with van der Waals surface area (Å²) in [5.74, 6) is 0.746. The summed E-state index contributed by atoms with van der Waals surface area (Å²) in [7, 11) is 0. The van der Waals surface area contributed by atoms with Crippen molar-refractivity contribution < 1.29 is 0 Å². The first-order valence-electron chi connectivity index (χ1n) is 5.79. The van der Waals surface area contributed by atoms with Gasteiger partial charge in [-0.25, -0.2) is 4.98 Å². The Morgan fingerprint density at radius 2 is 1.87 bits per heavy atom. The van der Waals surface area contributed by atoms with Gasteiger partial charge < -0.3 is 0 Å². The number of para-hydroxylation sites is 1. The molecule has 1 fully saturated rings. The van der Waals surface area contributed by atoms with Crippen LogP contribution in [0.1, 0.15) is 43.0 Å². The minimum absolute atomic E-state index is 0.746. The van der Waals surface area contributed by atoms with E-state index < -0.39 is 0 Å². The number of nitrogens with zero attached hydrogens (tertiary/aromatic N) is 1. The Labute approximate surface area is 94.2 Å². The van der Waals surface area contributed by atoms with Crippen LogP contribution in [0.15, 0.2) is 24.3 Å². The third-order valence-corrected chi connectivity index (χ3v) is 4.46. The van der Waals surface area contributed by atoms with E-state index in [0.717, 1.165) is 5.92 Å². The summed E-state index contributed by atoms with van der Waals surface area (Å²) in [6.07, 6.45) is 6.89. The lowest BCUT2D eigenvalue weighted by Crippen LogP contribution is -2.03. The van der Waals surface area contributed by atoms with Crippen molar-refractivity contribution >= 4 is 21.6 Å². The van der Waals surface area contributed by atoms with E-state index in [-0.39, 0.29) is 0 Å². The molecule has 2 heteroatoms. The summed E-state index contributed by atoms with van der Waals surface area (Å²) in [5, 5.41) is 1.37. The molecule has 2 aromatic rings. The van der Waals surface area contributed by atoms with Gasteiger partial charge in [-0.1, -0.05) is 31.4 Å². The fourth-order valence-corrected chi connectivity index (χ4v) is 3.55. The molecule has 15 heavy (non-hydrogen) atoms. The third-order valence-electron chi connectivity index (χ3n) is 3.26. The van der Waals surface area contributed by atoms with E-state index in [0.29, 0.717) is 0 Å². The van der Waals surface area contributed by atoms with Gasteiger partial charge in [0.2, 0.25) is 0 Å². The van der Waals surface area contributed by atoms with Crippen LogP contribution < -0.4 is 0 Å². The van der Waals surface area contributed by atoms with Crippen LogP contribution in [0.25, 0.3) is 10.2 Å². The molecule has 0 atom stereocenters. The van der Waals surface area contributed by atoms with Crippen molar-refractivity contribution in [1.82, 2.24) is 4.98 Å². The molecule has 1 heterocycles. The van der Waals surface area contributed by atoms with Crippen molar-refractivity contribution in [3.63, 3.8) is 0 Å². The SMILES string of the molecule is c1ccc2sc(C3CCCCC3)nc2c1. The van der Waals surface area contributed by atoms with Crippen molar-refractivity contribution in [1.29, 1.82) is 0 Å². The number of aromatic nitrogens is 1. The van der Waals surface area contributed by atoms with E-state index in [4.69, 9.17) is 4.98 Å². The molecular formula is C13H15NS. The molecule has 1 saturated carbocycles. The van der Waals surface area contributed by atoms with E-state index in [9.17, 15) is 0 Å². The van der Waals surface area contributed by atoms with Gasteiger partial charge in [0.1, 0.15) is 0 Å². The second kappa shape index (κ2) is 3.93. The van der Waals surface area contributed by atoms with Crippen LogP contribution in [0, 0.1) is 0 Å². The van der Waals surface area contributed by atoms with Crippen LogP contribution in [-0.2, 0) is 0 Å². The first-order chi connectivity index (χ1) is 7.43. The Bertz CT molecular complexity index is 421. The highest BCUT2D eigenvalue weighted by Gasteiger charge is 2.18. The lowest BCUT2D eigenvalue weighted by Gasteiger charge is -2.18. The van der Waals surface area contributed by atoms with E-state index >= 15 is 0 Å². The van der Waals surface area contributed by atoms with Gasteiger partial charge in [-0.2, -0.15) is 0 Å². The van der Waals surface area contributed by atoms with Crippen LogP contribution in [0.2, 0.25) is 0 Å². The van der Waals surface area contributed by atoms with Gasteiger partial charge in [0.05, 0.1) is 15.2 Å². The summed E-state index contributed by atoms with van der Waals surface area (Å²) >= 11 is 1.89. The molecular weight excluding hydrogens is 202 g/mol. The van der Waals surface area contributed by atoms with Crippen LogP contribution in [0.5, 0.6) is 0 Å². The summed E-state index contributed by atoms with van der Waals surface area (Å²) in [6.45, 7) is 0. The van der Waals surface area contributed by atoms with Crippen LogP contribution >= 0.6 is 11.3 Å². The summed E-state index contributed by atoms with van der Waals surface area (Å²) in [6, 6.07) is 8.48. The maximum atomic E-state index is 4.75. The van der Waals surface area contributed by atoms with Crippen LogP contribution in [0.3, 0.4) is 0 Å². The molecule has 0 bridgehead atoms. The Morgan fingerprint density at radius 3 is 2.67 bits per heavy atom. The summed E-state index contributed by atoms with van der Waals surface area (Å²) in [5.41, 5.74) is 1.18. The maximum absolute atomic E-state index is 4.75. The lowest BCUT2D eigenvalue weighted by atomic mass is 9.90. The molecule has 0 aliphatic heterocycles. The van der Waals surface area contributed by atoms with Gasteiger partial charge in [0, 0.05) is 5.92 Å². The van der Waals surface area contributed by atoms with E-state index in [1.807, 2.05) is 11.3 Å². The van der Waals surface area contributed by atoms with E-state index in [2.05, 4.69) is 24.3 Å². The summed E-state index contributed by atoms with van der Waals surface area (Å²) < 4.78 is 1.35. The van der Waals surface area contributed by atoms with Crippen molar-refractivity contribution in [3.05, 3.63) is 29.3 Å². The third kappa shape index (κ3) is 1.78. The van der Waals surface area contributed by atoms with E-state index in [1.165, 1.54) is 47.3 Å². The van der Waals surface area contributed by atoms with Crippen molar-refractivity contribution in [2.75, 3.05) is 0 Å². The Balaban J connectivity index is 1.96. The smallest absolute Gasteiger partial charge is 0.0969 e. The first kappa shape index (κ1) is 9.34. The van der Waals surface area contributed by atoms with Crippen LogP contribution in [0.4, 0.5) is 0 Å². The molecule has 1 aliphatic rings. The number of hydrogen-bond acceptors (Lipinski definition) is 2. The number of benzene rings is 1. The van der Waals surface area contributed by atoms with Gasteiger partial charge in [0.15, 0.2) is 0 Å². The molecule has 1 nitrogen and oxygen atoms in total. The van der Waals surface area contributed by atoms with Gasteiger partial charge in [-0.05, 0) is 25.0 Å². The zero-order valence-corrected chi connectivity index (χ0v) is 9.59. The Morgan fingerprint density at radius 1 is 1.07 bits per heavy atom. The molecule has 1 aromatic carbocycles. The fraction of sp³-hybridized carbons (Fsp3) is 0.462. The number of thiazole rings is 1. The molecule has 0 unspecified atom stereocenters. The topological polar surface area (TPSA) is 12.9 Å². The number of hydrogen-bond donors (Lipinski definition) is 0. The predicted octanol–water partition coefficient (Wildman–Crippen LogP) is 4.34. The van der Waals surface area contributed by atoms with Crippen molar-refractivity contribution in [3.8, 4) is 0 Å². The fourth-order valence-electron chi connectivity index (χ4n) is 2.41. The molecule has 0 amide bonds. The maximum Gasteiger partial charge on any atom is 0.0969 e. The molecule has 0 spiro atoms. The average Bonchev–Trinajstić information content (AvgIpc) is 2.74. The Hall–Kier alpha value is -0.890. The number of fused-ring (bicyclic) bond motifs is 1. The quantitative estimate of drug-likeness (QED) is 0.692. The molecule has 1 aromatic heterocycles. The standard InChI is InChI=1S/C13H15NS/c1-2-6-10(7-3-1)13-14-11-8-4-5-9-12(11)15-13/h4-5,8-10H,1-3,6-7H2. The minimum Gasteiger partial charge on any atom is -0.241 e. The van der Waals surface area contributed by atoms with Crippen molar-refractivity contribution in [2.24, 2.45) is 0 Å². The normalized spacial score (nSPS) is 18.4. The van der Waals surface area contributed by atoms with Gasteiger partial charge in [-0.15, -0.1) is 11.3 Å².